The quantitative estimate of drug-likeness (QED) is 0.293. The summed E-state index contributed by atoms with van der Waals surface area (Å²) in [5.74, 6) is 1.65. The zero-order chi connectivity index (χ0) is 16.1. The molecule has 6 nitrogen and oxygen atoms in total. The number of hydrogen-bond donors (Lipinski definition) is 0. The minimum atomic E-state index is 0. The molecule has 0 radical (unpaired) electrons. The molecule has 0 aliphatic heterocycles. The molecule has 0 saturated carbocycles. The van der Waals surface area contributed by atoms with Crippen LogP contribution in [0.3, 0.4) is 0 Å². The van der Waals surface area contributed by atoms with E-state index in [4.69, 9.17) is 27.9 Å². The second-order valence-electron chi connectivity index (χ2n) is 0.762. The molecule has 0 fully saturated rings. The van der Waals surface area contributed by atoms with Crippen LogP contribution in [0, 0.1) is 39.9 Å². The van der Waals surface area contributed by atoms with Gasteiger partial charge < -0.3 is 25.3 Å². The van der Waals surface area contributed by atoms with Crippen molar-refractivity contribution in [2.75, 3.05) is 11.5 Å². The van der Waals surface area contributed by atoms with Crippen LogP contribution in [0.1, 0.15) is 6.42 Å². The van der Waals surface area contributed by atoms with Crippen molar-refractivity contribution in [2.45, 2.75) is 6.42 Å². The van der Waals surface area contributed by atoms with Gasteiger partial charge in [0.25, 0.3) is 0 Å². The van der Waals surface area contributed by atoms with Crippen LogP contribution in [-0.4, -0.2) is 11.5 Å². The van der Waals surface area contributed by atoms with Crippen molar-refractivity contribution in [3.8, 4) is 0 Å². The Labute approximate surface area is 144 Å². The molecule has 19 heavy (non-hydrogen) atoms. The van der Waals surface area contributed by atoms with Gasteiger partial charge in [-0.3, -0.25) is 0 Å². The summed E-state index contributed by atoms with van der Waals surface area (Å²) < 4.78 is 45.0. The first-order valence-corrected chi connectivity index (χ1v) is 3.96. The summed E-state index contributed by atoms with van der Waals surface area (Å²) in [7, 11) is 0. The SMILES string of the molecule is [C-]#[O+].[C-]#[O+].[C-]#[O+].[C-]#[O+].[C-]#[O+].[C-]#[O+].[Fe].[Fe].[S-]CCC[S-]. The van der Waals surface area contributed by atoms with Crippen LogP contribution in [0.4, 0.5) is 0 Å². The molecule has 0 aliphatic rings. The Bertz CT molecular complexity index is 140. The Hall–Kier alpha value is 0.179. The van der Waals surface area contributed by atoms with Crippen LogP contribution in [0.15, 0.2) is 0 Å². The van der Waals surface area contributed by atoms with Gasteiger partial charge in [-0.25, -0.2) is 0 Å². The van der Waals surface area contributed by atoms with E-state index in [9.17, 15) is 0 Å². The minimum absolute atomic E-state index is 0. The van der Waals surface area contributed by atoms with Crippen molar-refractivity contribution in [1.29, 1.82) is 0 Å². The predicted octanol–water partition coefficient (Wildman–Crippen LogP) is 0.240. The van der Waals surface area contributed by atoms with Crippen LogP contribution in [0.5, 0.6) is 0 Å². The summed E-state index contributed by atoms with van der Waals surface area (Å²) in [5, 5.41) is 0. The molecule has 0 spiro atoms. The third-order valence-corrected chi connectivity index (χ3v) is 0.866. The summed E-state index contributed by atoms with van der Waals surface area (Å²) in [6.45, 7) is 27.0. The first kappa shape index (κ1) is 61.2. The van der Waals surface area contributed by atoms with E-state index in [1.807, 2.05) is 0 Å². The van der Waals surface area contributed by atoms with Crippen LogP contribution >= 0.6 is 0 Å². The van der Waals surface area contributed by atoms with Gasteiger partial charge in [-0.2, -0.15) is 11.5 Å². The van der Waals surface area contributed by atoms with E-state index in [-0.39, 0.29) is 34.1 Å². The third kappa shape index (κ3) is 1000. The van der Waals surface area contributed by atoms with E-state index in [1.165, 1.54) is 0 Å². The van der Waals surface area contributed by atoms with Crippen molar-refractivity contribution < 1.29 is 62.1 Å². The van der Waals surface area contributed by atoms with E-state index in [1.54, 1.807) is 0 Å². The average molecular weight is 386 g/mol. The summed E-state index contributed by atoms with van der Waals surface area (Å²) in [6, 6.07) is 0. The largest absolute Gasteiger partial charge is 0.793 e. The van der Waals surface area contributed by atoms with Gasteiger partial charge in [0.2, 0.25) is 0 Å². The Morgan fingerprint density at radius 2 is 0.579 bits per heavy atom. The standard InChI is InChI=1S/C3H8S2.6CO.2Fe/c4-2-1-3-5;6*1-2;;/h4-5H,1-3H2;;;;;;;;/p-2. The second-order valence-corrected chi connectivity index (χ2v) is 1.58. The van der Waals surface area contributed by atoms with E-state index < -0.39 is 0 Å². The monoisotopic (exact) mass is 386 g/mol. The van der Waals surface area contributed by atoms with Crippen molar-refractivity contribution in [1.82, 2.24) is 0 Å². The van der Waals surface area contributed by atoms with Crippen molar-refractivity contribution in [3.05, 3.63) is 39.9 Å². The summed E-state index contributed by atoms with van der Waals surface area (Å²) in [6.07, 6.45) is 1.02. The summed E-state index contributed by atoms with van der Waals surface area (Å²) in [4.78, 5) is 0. The van der Waals surface area contributed by atoms with Crippen molar-refractivity contribution >= 4 is 25.3 Å². The molecule has 0 aromatic heterocycles. The molecule has 0 bridgehead atoms. The van der Waals surface area contributed by atoms with Gasteiger partial charge in [-0.1, -0.05) is 6.42 Å². The van der Waals surface area contributed by atoms with Gasteiger partial charge in [-0.15, -0.1) is 0 Å². The molecule has 0 amide bonds. The molecule has 0 aliphatic carbocycles. The Balaban J connectivity index is -0.00000000912. The molecule has 0 heterocycles. The Kier molecular flexibility index (Phi) is 1710. The fourth-order valence-corrected chi connectivity index (χ4v) is 0.530. The van der Waals surface area contributed by atoms with Crippen LogP contribution in [0.25, 0.3) is 0 Å². The predicted molar refractivity (Wildman–Crippen MR) is 52.7 cm³/mol. The summed E-state index contributed by atoms with van der Waals surface area (Å²) >= 11 is 9.17. The van der Waals surface area contributed by atoms with Crippen LogP contribution in [-0.2, 0) is 87.3 Å². The smallest absolute Gasteiger partial charge is 0 e. The maximum absolute atomic E-state index is 7.50. The molecular weight excluding hydrogens is 380 g/mol. The second kappa shape index (κ2) is 531. The maximum atomic E-state index is 7.50. The van der Waals surface area contributed by atoms with E-state index in [0.717, 1.165) is 17.9 Å². The topological polar surface area (TPSA) is 119 Å². The molecule has 0 N–H and O–H groups in total. The van der Waals surface area contributed by atoms with Gasteiger partial charge in [0.15, 0.2) is 0 Å². The third-order valence-electron chi connectivity index (χ3n) is 0.289. The number of hydrogen-bond acceptors (Lipinski definition) is 2. The van der Waals surface area contributed by atoms with Crippen LogP contribution < -0.4 is 0 Å². The van der Waals surface area contributed by atoms with Gasteiger partial charge in [0.1, 0.15) is 0 Å². The molecule has 0 unspecified atom stereocenters. The molecule has 0 atom stereocenters. The van der Waals surface area contributed by atoms with E-state index in [2.05, 4.69) is 65.2 Å². The zero-order valence-electron chi connectivity index (χ0n) is 9.09. The average Bonchev–Trinajstić information content (AvgIpc) is 2.52. The zero-order valence-corrected chi connectivity index (χ0v) is 12.9. The minimum Gasteiger partial charge on any atom is -0.793 e. The molecule has 0 saturated heterocycles. The molecule has 108 valence electrons. The van der Waals surface area contributed by atoms with Crippen molar-refractivity contribution in [3.63, 3.8) is 0 Å². The van der Waals surface area contributed by atoms with Gasteiger partial charge >= 0.3 is 67.8 Å². The summed E-state index contributed by atoms with van der Waals surface area (Å²) in [5.41, 5.74) is 0. The van der Waals surface area contributed by atoms with E-state index >= 15 is 0 Å². The fraction of sp³-hybridized carbons (Fsp3) is 0.333. The van der Waals surface area contributed by atoms with Crippen LogP contribution in [0.2, 0.25) is 0 Å². The van der Waals surface area contributed by atoms with Gasteiger partial charge in [0.05, 0.1) is 0 Å². The van der Waals surface area contributed by atoms with Gasteiger partial charge in [-0.05, 0) is 0 Å². The first-order chi connectivity index (χ1) is 8.41. The fourth-order valence-electron chi connectivity index (χ4n) is 0.0589. The van der Waals surface area contributed by atoms with Crippen molar-refractivity contribution in [2.24, 2.45) is 0 Å². The van der Waals surface area contributed by atoms with Gasteiger partial charge in [0, 0.05) is 34.1 Å². The van der Waals surface area contributed by atoms with E-state index in [0.29, 0.717) is 0 Å². The molecule has 0 aromatic rings. The molecular formula is C9H6Fe2O6S2-2. The Morgan fingerprint density at radius 3 is 0.579 bits per heavy atom. The molecule has 0 rings (SSSR count). The number of rotatable bonds is 2. The normalized spacial score (nSPS) is 2.84. The maximum Gasteiger partial charge on any atom is 0 e. The first-order valence-electron chi connectivity index (χ1n) is 2.80. The molecule has 0 aromatic carbocycles. The molecule has 10 heteroatoms. The Morgan fingerprint density at radius 1 is 0.474 bits per heavy atom.